The lowest BCUT2D eigenvalue weighted by Gasteiger charge is -2.09. The van der Waals surface area contributed by atoms with Gasteiger partial charge in [-0.2, -0.15) is 0 Å². The van der Waals surface area contributed by atoms with Crippen molar-refractivity contribution in [2.45, 2.75) is 0 Å². The highest BCUT2D eigenvalue weighted by Gasteiger charge is 2.04. The van der Waals surface area contributed by atoms with Gasteiger partial charge in [0.15, 0.2) is 0 Å². The molecule has 0 aliphatic heterocycles. The second-order valence-corrected chi connectivity index (χ2v) is 4.54. The lowest BCUT2D eigenvalue weighted by atomic mass is 10.2. The van der Waals surface area contributed by atoms with Gasteiger partial charge in [-0.1, -0.05) is 29.8 Å². The van der Waals surface area contributed by atoms with Crippen molar-refractivity contribution in [3.8, 4) is 0 Å². The quantitative estimate of drug-likeness (QED) is 0.727. The number of hydrogen-bond acceptors (Lipinski definition) is 2. The predicted octanol–water partition coefficient (Wildman–Crippen LogP) is 4.77. The lowest BCUT2D eigenvalue weighted by Crippen LogP contribution is -1.93. The molecule has 1 heterocycles. The first-order chi connectivity index (χ1) is 9.24. The van der Waals surface area contributed by atoms with Crippen molar-refractivity contribution in [2.75, 3.05) is 5.32 Å². The Balaban J connectivity index is 2.03. The van der Waals surface area contributed by atoms with Gasteiger partial charge in [0.05, 0.1) is 16.2 Å². The number of nitrogens with zero attached hydrogens (tertiary/aromatic N) is 1. The number of para-hydroxylation sites is 1. The van der Waals surface area contributed by atoms with Crippen molar-refractivity contribution >= 4 is 33.9 Å². The van der Waals surface area contributed by atoms with Gasteiger partial charge in [0.2, 0.25) is 0 Å². The first kappa shape index (κ1) is 11.9. The van der Waals surface area contributed by atoms with Crippen LogP contribution < -0.4 is 5.32 Å². The van der Waals surface area contributed by atoms with Crippen molar-refractivity contribution in [2.24, 2.45) is 0 Å². The zero-order valence-corrected chi connectivity index (χ0v) is 10.7. The molecule has 0 fully saturated rings. The summed E-state index contributed by atoms with van der Waals surface area (Å²) in [7, 11) is 0. The van der Waals surface area contributed by atoms with Crippen LogP contribution in [0.1, 0.15) is 0 Å². The van der Waals surface area contributed by atoms with E-state index in [9.17, 15) is 4.39 Å². The topological polar surface area (TPSA) is 24.9 Å². The summed E-state index contributed by atoms with van der Waals surface area (Å²) in [5.74, 6) is -0.428. The van der Waals surface area contributed by atoms with Crippen LogP contribution in [0.2, 0.25) is 5.02 Å². The lowest BCUT2D eigenvalue weighted by molar-refractivity contribution is 0.628. The van der Waals surface area contributed by atoms with Gasteiger partial charge in [0, 0.05) is 17.3 Å². The van der Waals surface area contributed by atoms with E-state index < -0.39 is 5.82 Å². The molecule has 2 aromatic carbocycles. The molecule has 3 rings (SSSR count). The van der Waals surface area contributed by atoms with Crippen LogP contribution in [0, 0.1) is 5.82 Å². The van der Waals surface area contributed by atoms with Gasteiger partial charge < -0.3 is 5.32 Å². The molecule has 1 aromatic heterocycles. The van der Waals surface area contributed by atoms with Gasteiger partial charge in [0.1, 0.15) is 5.82 Å². The zero-order chi connectivity index (χ0) is 13.2. The summed E-state index contributed by atoms with van der Waals surface area (Å²) in [6.07, 6.45) is 1.74. The average Bonchev–Trinajstić information content (AvgIpc) is 2.43. The van der Waals surface area contributed by atoms with Crippen LogP contribution in [-0.2, 0) is 0 Å². The molecule has 3 aromatic rings. The maximum absolute atomic E-state index is 13.1. The van der Waals surface area contributed by atoms with Crippen LogP contribution in [-0.4, -0.2) is 4.98 Å². The normalized spacial score (nSPS) is 10.6. The van der Waals surface area contributed by atoms with Crippen LogP contribution in [0.3, 0.4) is 0 Å². The van der Waals surface area contributed by atoms with Crippen LogP contribution in [0.15, 0.2) is 54.7 Å². The van der Waals surface area contributed by atoms with Gasteiger partial charge in [-0.15, -0.1) is 0 Å². The van der Waals surface area contributed by atoms with Crippen molar-refractivity contribution in [1.29, 1.82) is 0 Å². The summed E-state index contributed by atoms with van der Waals surface area (Å²) >= 11 is 5.77. The summed E-state index contributed by atoms with van der Waals surface area (Å²) in [5.41, 5.74) is 2.45. The maximum atomic E-state index is 13.1. The molecule has 4 heteroatoms. The molecule has 0 atom stereocenters. The number of anilines is 2. The fourth-order valence-electron chi connectivity index (χ4n) is 1.93. The Kier molecular flexibility index (Phi) is 3.05. The Bertz CT molecular complexity index is 738. The fourth-order valence-corrected chi connectivity index (χ4v) is 2.12. The van der Waals surface area contributed by atoms with Gasteiger partial charge >= 0.3 is 0 Å². The molecule has 0 saturated heterocycles. The molecule has 0 aliphatic rings. The molecule has 0 aliphatic carbocycles. The van der Waals surface area contributed by atoms with Crippen LogP contribution in [0.25, 0.3) is 10.9 Å². The van der Waals surface area contributed by atoms with Crippen molar-refractivity contribution in [3.63, 3.8) is 0 Å². The molecule has 0 unspecified atom stereocenters. The van der Waals surface area contributed by atoms with Crippen LogP contribution >= 0.6 is 11.6 Å². The molecule has 0 amide bonds. The van der Waals surface area contributed by atoms with E-state index in [1.807, 2.05) is 30.3 Å². The Morgan fingerprint density at radius 1 is 1.05 bits per heavy atom. The molecule has 0 spiro atoms. The van der Waals surface area contributed by atoms with E-state index in [1.54, 1.807) is 18.3 Å². The monoisotopic (exact) mass is 272 g/mol. The maximum Gasteiger partial charge on any atom is 0.141 e. The summed E-state index contributed by atoms with van der Waals surface area (Å²) in [6, 6.07) is 14.3. The highest BCUT2D eigenvalue weighted by atomic mass is 35.5. The fraction of sp³-hybridized carbons (Fsp3) is 0. The molecule has 0 saturated carbocycles. The van der Waals surface area contributed by atoms with E-state index in [1.165, 1.54) is 6.07 Å². The largest absolute Gasteiger partial charge is 0.354 e. The van der Waals surface area contributed by atoms with E-state index >= 15 is 0 Å². The van der Waals surface area contributed by atoms with Crippen LogP contribution in [0.5, 0.6) is 0 Å². The summed E-state index contributed by atoms with van der Waals surface area (Å²) in [6.45, 7) is 0. The van der Waals surface area contributed by atoms with E-state index in [0.717, 1.165) is 22.3 Å². The number of hydrogen-bond donors (Lipinski definition) is 1. The Labute approximate surface area is 114 Å². The number of benzene rings is 2. The molecule has 0 bridgehead atoms. The Morgan fingerprint density at radius 3 is 2.74 bits per heavy atom. The Morgan fingerprint density at radius 2 is 1.89 bits per heavy atom. The molecule has 19 heavy (non-hydrogen) atoms. The number of aromatic nitrogens is 1. The second kappa shape index (κ2) is 4.86. The number of rotatable bonds is 2. The van der Waals surface area contributed by atoms with Crippen LogP contribution in [0.4, 0.5) is 15.8 Å². The van der Waals surface area contributed by atoms with Gasteiger partial charge in [-0.05, 0) is 30.3 Å². The van der Waals surface area contributed by atoms with Crippen molar-refractivity contribution < 1.29 is 4.39 Å². The van der Waals surface area contributed by atoms with Gasteiger partial charge in [-0.25, -0.2) is 4.39 Å². The van der Waals surface area contributed by atoms with Gasteiger partial charge in [0.25, 0.3) is 0 Å². The zero-order valence-electron chi connectivity index (χ0n) is 9.90. The highest BCUT2D eigenvalue weighted by molar-refractivity contribution is 6.31. The first-order valence-electron chi connectivity index (χ1n) is 5.80. The van der Waals surface area contributed by atoms with Gasteiger partial charge in [-0.3, -0.25) is 4.98 Å². The SMILES string of the molecule is Fc1ccc(Nc2cccc3cccnc23)cc1Cl. The predicted molar refractivity (Wildman–Crippen MR) is 76.4 cm³/mol. The number of nitrogens with one attached hydrogen (secondary N) is 1. The number of pyridine rings is 1. The minimum atomic E-state index is -0.428. The Hall–Kier alpha value is -2.13. The first-order valence-corrected chi connectivity index (χ1v) is 6.18. The van der Waals surface area contributed by atoms with Crippen molar-refractivity contribution in [1.82, 2.24) is 4.98 Å². The smallest absolute Gasteiger partial charge is 0.141 e. The molecule has 2 nitrogen and oxygen atoms in total. The van der Waals surface area contributed by atoms with E-state index in [-0.39, 0.29) is 5.02 Å². The third-order valence-electron chi connectivity index (χ3n) is 2.83. The summed E-state index contributed by atoms with van der Waals surface area (Å²) in [5, 5.41) is 4.34. The molecule has 1 N–H and O–H groups in total. The molecule has 0 radical (unpaired) electrons. The second-order valence-electron chi connectivity index (χ2n) is 4.13. The third-order valence-corrected chi connectivity index (χ3v) is 3.12. The number of fused-ring (bicyclic) bond motifs is 1. The minimum absolute atomic E-state index is 0.0956. The summed E-state index contributed by atoms with van der Waals surface area (Å²) < 4.78 is 13.1. The standard InChI is InChI=1S/C15H10ClFN2/c16-12-9-11(6-7-13(12)17)19-14-5-1-3-10-4-2-8-18-15(10)14/h1-9,19H. The molecule has 94 valence electrons. The van der Waals surface area contributed by atoms with E-state index in [0.29, 0.717) is 0 Å². The van der Waals surface area contributed by atoms with E-state index in [2.05, 4.69) is 10.3 Å². The highest BCUT2D eigenvalue weighted by Crippen LogP contribution is 2.26. The third kappa shape index (κ3) is 2.37. The van der Waals surface area contributed by atoms with E-state index in [4.69, 9.17) is 11.6 Å². The molecular formula is C15H10ClFN2. The minimum Gasteiger partial charge on any atom is -0.354 e. The summed E-state index contributed by atoms with van der Waals surface area (Å²) in [4.78, 5) is 4.35. The number of halogens is 2. The average molecular weight is 273 g/mol. The van der Waals surface area contributed by atoms with Crippen molar-refractivity contribution in [3.05, 3.63) is 65.6 Å². The molecular weight excluding hydrogens is 263 g/mol.